The van der Waals surface area contributed by atoms with Crippen LogP contribution in [0, 0.1) is 0 Å². The number of benzene rings is 2. The second-order valence-electron chi connectivity index (χ2n) is 11.6. The molecule has 0 aliphatic carbocycles. The zero-order valence-corrected chi connectivity index (χ0v) is 24.4. The predicted octanol–water partition coefficient (Wildman–Crippen LogP) is -0.102. The Hall–Kier alpha value is -2.95. The summed E-state index contributed by atoms with van der Waals surface area (Å²) in [5.41, 5.74) is 0.493. The molecule has 39 heavy (non-hydrogen) atoms. The maximum atomic E-state index is 13.3. The van der Waals surface area contributed by atoms with Crippen LogP contribution >= 0.6 is 11.8 Å². The van der Waals surface area contributed by atoms with E-state index >= 15 is 0 Å². The monoisotopic (exact) mass is 556 g/mol. The van der Waals surface area contributed by atoms with Gasteiger partial charge < -0.3 is 24.8 Å². The van der Waals surface area contributed by atoms with Gasteiger partial charge in [0.1, 0.15) is 17.5 Å². The number of amides is 2. The Morgan fingerprint density at radius 1 is 1.05 bits per heavy atom. The molecule has 0 saturated carbocycles. The average molecular weight is 557 g/mol. The average Bonchev–Trinajstić information content (AvgIpc) is 3.13. The van der Waals surface area contributed by atoms with Crippen molar-refractivity contribution in [3.8, 4) is 0 Å². The highest BCUT2D eigenvalue weighted by molar-refractivity contribution is 8.01. The lowest BCUT2D eigenvalue weighted by atomic mass is 9.95. The van der Waals surface area contributed by atoms with Gasteiger partial charge in [-0.25, -0.2) is 9.59 Å². The molecule has 0 bridgehead atoms. The number of carbonyl (C=O) groups excluding carboxylic acids is 4. The van der Waals surface area contributed by atoms with Crippen molar-refractivity contribution in [2.45, 2.75) is 61.4 Å². The maximum Gasteiger partial charge on any atom is 0.372 e. The molecule has 0 radical (unpaired) electrons. The van der Waals surface area contributed by atoms with E-state index in [9.17, 15) is 19.2 Å². The number of nitrogens with one attached hydrogen (secondary N) is 3. The molecule has 9 nitrogen and oxygen atoms in total. The van der Waals surface area contributed by atoms with Crippen LogP contribution in [0.1, 0.15) is 43.5 Å². The molecular weight excluding hydrogens is 516 g/mol. The molecule has 2 fully saturated rings. The fourth-order valence-corrected chi connectivity index (χ4v) is 7.08. The summed E-state index contributed by atoms with van der Waals surface area (Å²) in [5.74, 6) is -1.95. The standard InChI is InChI=1S/C29H38N4O5S/c1-29(2)23(28(37)38-27(36)21(32(5)6)16-9-10-17-31(3)4)33-25(35)22(26(33)39-29)30-24(34)20-15-11-13-18-12-7-8-14-19(18)20/h7-8,11-15,21-23,26H,9-10,16-17H2,1-6H3,(H,30,34)/p+2. The number of unbranched alkanes of at least 4 members (excludes halogenated alkanes) is 1. The van der Waals surface area contributed by atoms with Crippen LogP contribution < -0.4 is 15.1 Å². The van der Waals surface area contributed by atoms with Crippen molar-refractivity contribution in [2.75, 3.05) is 34.7 Å². The Kier molecular flexibility index (Phi) is 8.68. The molecule has 4 unspecified atom stereocenters. The molecule has 210 valence electrons. The first-order chi connectivity index (χ1) is 18.4. The first kappa shape index (κ1) is 29.0. The molecule has 0 aromatic heterocycles. The van der Waals surface area contributed by atoms with Crippen LogP contribution in [0.5, 0.6) is 0 Å². The zero-order chi connectivity index (χ0) is 28.5. The lowest BCUT2D eigenvalue weighted by molar-refractivity contribution is -0.877. The van der Waals surface area contributed by atoms with Crippen LogP contribution in [-0.2, 0) is 19.1 Å². The number of likely N-dealkylation sites (N-methyl/N-ethyl adjacent to an activating group) is 1. The number of nitrogens with zero attached hydrogens (tertiary/aromatic N) is 1. The predicted molar refractivity (Wildman–Crippen MR) is 151 cm³/mol. The summed E-state index contributed by atoms with van der Waals surface area (Å²) in [5, 5.41) is 4.21. The minimum Gasteiger partial charge on any atom is -0.387 e. The lowest BCUT2D eigenvalue weighted by Crippen LogP contribution is -3.11. The third-order valence-electron chi connectivity index (χ3n) is 7.59. The zero-order valence-electron chi connectivity index (χ0n) is 23.6. The van der Waals surface area contributed by atoms with Crippen LogP contribution in [0.2, 0.25) is 0 Å². The minimum atomic E-state index is -0.912. The Morgan fingerprint density at radius 2 is 1.74 bits per heavy atom. The molecule has 2 aromatic rings. The molecule has 2 aliphatic heterocycles. The summed E-state index contributed by atoms with van der Waals surface area (Å²) in [6, 6.07) is 10.9. The van der Waals surface area contributed by atoms with Crippen LogP contribution in [0.3, 0.4) is 0 Å². The highest BCUT2D eigenvalue weighted by Crippen LogP contribution is 2.51. The molecule has 0 spiro atoms. The van der Waals surface area contributed by atoms with Gasteiger partial charge in [-0.1, -0.05) is 36.4 Å². The van der Waals surface area contributed by atoms with Gasteiger partial charge in [0, 0.05) is 16.7 Å². The highest BCUT2D eigenvalue weighted by atomic mass is 32.2. The van der Waals surface area contributed by atoms with Crippen molar-refractivity contribution in [2.24, 2.45) is 0 Å². The van der Waals surface area contributed by atoms with Crippen molar-refractivity contribution in [1.82, 2.24) is 10.2 Å². The second-order valence-corrected chi connectivity index (χ2v) is 13.3. The number of thioether (sulfide) groups is 1. The first-order valence-corrected chi connectivity index (χ1v) is 14.4. The first-order valence-electron chi connectivity index (χ1n) is 13.6. The van der Waals surface area contributed by atoms with Crippen molar-refractivity contribution < 1.29 is 33.7 Å². The highest BCUT2D eigenvalue weighted by Gasteiger charge is 2.64. The van der Waals surface area contributed by atoms with Crippen molar-refractivity contribution in [1.29, 1.82) is 0 Å². The molecule has 4 rings (SSSR count). The van der Waals surface area contributed by atoms with E-state index in [-0.39, 0.29) is 11.8 Å². The van der Waals surface area contributed by atoms with Crippen LogP contribution in [-0.4, -0.2) is 91.6 Å². The number of rotatable bonds is 10. The molecule has 2 aliphatic rings. The fourth-order valence-electron chi connectivity index (χ4n) is 5.46. The quantitative estimate of drug-likeness (QED) is 0.164. The molecule has 2 aromatic carbocycles. The topological polar surface area (TPSA) is 102 Å². The van der Waals surface area contributed by atoms with Gasteiger partial charge in [0.15, 0.2) is 6.04 Å². The molecule has 10 heteroatoms. The molecule has 2 amide bonds. The largest absolute Gasteiger partial charge is 0.387 e. The molecule has 2 heterocycles. The summed E-state index contributed by atoms with van der Waals surface area (Å²) in [4.78, 5) is 56.4. The van der Waals surface area contributed by atoms with Crippen molar-refractivity contribution in [3.63, 3.8) is 0 Å². The summed E-state index contributed by atoms with van der Waals surface area (Å²) >= 11 is 1.44. The van der Waals surface area contributed by atoms with Gasteiger partial charge in [0.2, 0.25) is 5.91 Å². The second kappa shape index (κ2) is 11.7. The number of hydrogen-bond acceptors (Lipinski definition) is 6. The Labute approximate surface area is 234 Å². The SMILES string of the molecule is C[NH+](C)CCCCC(C(=O)OC(=O)C1N2C(=O)C(NC(=O)c3cccc4ccccc34)C2SC1(C)C)[NH+](C)C. The Morgan fingerprint density at radius 3 is 2.44 bits per heavy atom. The molecule has 2 saturated heterocycles. The summed E-state index contributed by atoms with van der Waals surface area (Å²) < 4.78 is 4.72. The van der Waals surface area contributed by atoms with E-state index in [2.05, 4.69) is 19.4 Å². The fraction of sp³-hybridized carbons (Fsp3) is 0.517. The number of carbonyl (C=O) groups is 4. The third-order valence-corrected chi connectivity index (χ3v) is 9.16. The molecule has 4 atom stereocenters. The van der Waals surface area contributed by atoms with Crippen molar-refractivity contribution in [3.05, 3.63) is 48.0 Å². The van der Waals surface area contributed by atoms with Gasteiger partial charge in [-0.3, -0.25) is 9.59 Å². The number of fused-ring (bicyclic) bond motifs is 2. The van der Waals surface area contributed by atoms with Gasteiger partial charge in [-0.05, 0) is 43.5 Å². The van der Waals surface area contributed by atoms with Gasteiger partial charge in [0.25, 0.3) is 5.91 Å². The van der Waals surface area contributed by atoms with E-state index in [1.54, 1.807) is 6.07 Å². The van der Waals surface area contributed by atoms with Crippen LogP contribution in [0.25, 0.3) is 10.8 Å². The third kappa shape index (κ3) is 5.97. The summed E-state index contributed by atoms with van der Waals surface area (Å²) in [7, 11) is 7.93. The Balaban J connectivity index is 1.41. The normalized spacial score (nSPS) is 22.5. The van der Waals surface area contributed by atoms with E-state index in [0.717, 1.165) is 35.1 Å². The van der Waals surface area contributed by atoms with E-state index in [0.29, 0.717) is 12.0 Å². The van der Waals surface area contributed by atoms with Crippen LogP contribution in [0.15, 0.2) is 42.5 Å². The van der Waals surface area contributed by atoms with Gasteiger partial charge in [-0.15, -0.1) is 11.8 Å². The Bertz CT molecular complexity index is 1260. The van der Waals surface area contributed by atoms with E-state index in [1.807, 2.05) is 64.3 Å². The lowest BCUT2D eigenvalue weighted by Gasteiger charge is -2.43. The van der Waals surface area contributed by atoms with Crippen LogP contribution in [0.4, 0.5) is 0 Å². The smallest absolute Gasteiger partial charge is 0.372 e. The number of esters is 2. The minimum absolute atomic E-state index is 0.336. The van der Waals surface area contributed by atoms with E-state index < -0.39 is 40.2 Å². The maximum absolute atomic E-state index is 13.3. The number of ether oxygens (including phenoxy) is 1. The number of hydrogen-bond donors (Lipinski definition) is 3. The number of β-lactam (4-membered cyclic amide) rings is 1. The number of quaternary nitrogens is 2. The summed E-state index contributed by atoms with van der Waals surface area (Å²) in [6.45, 7) is 4.73. The molecular formula is C29H40N4O5S+2. The van der Waals surface area contributed by atoms with Crippen molar-refractivity contribution >= 4 is 46.3 Å². The van der Waals surface area contributed by atoms with Gasteiger partial charge in [-0.2, -0.15) is 0 Å². The van der Waals surface area contributed by atoms with Gasteiger partial charge >= 0.3 is 11.9 Å². The van der Waals surface area contributed by atoms with E-state index in [4.69, 9.17) is 4.74 Å². The van der Waals surface area contributed by atoms with E-state index in [1.165, 1.54) is 21.6 Å². The molecule has 3 N–H and O–H groups in total. The summed E-state index contributed by atoms with van der Waals surface area (Å²) in [6.07, 6.45) is 2.47. The van der Waals surface area contributed by atoms with Gasteiger partial charge in [0.05, 0.1) is 34.7 Å².